The van der Waals surface area contributed by atoms with Gasteiger partial charge in [0.25, 0.3) is 0 Å². The van der Waals surface area contributed by atoms with Gasteiger partial charge in [-0.05, 0) is 150 Å². The van der Waals surface area contributed by atoms with Gasteiger partial charge in [-0.2, -0.15) is 0 Å². The Morgan fingerprint density at radius 2 is 0.683 bits per heavy atom. The minimum Gasteiger partial charge on any atom is -0.0622 e. The Morgan fingerprint density at radius 1 is 0.270 bits per heavy atom. The van der Waals surface area contributed by atoms with Gasteiger partial charge in [0.2, 0.25) is 0 Å². The standard InChI is InChI=1S/C63H38/c1-3-16-49(17-4-1)63(50-18-5-2-6-19-50)57-37-46(45-14-9-15-47(36-45)51-30-24-43-22-20-39-10-7-12-41-26-34-55(51)61(43)59(39)41)28-32-53(57)54-33-29-48(38-58(54)63)52-31-25-44-23-21-40-11-8-13-42-27-35-56(52)62(44)60(40)42/h1-38H/i1D,2D,3D,4D,5D,6D,7D,8D,9D,10D,11D,12D,13D,14D,16D,17D,18D,19D,20D,21D,22D,23D,24D,25D,26D,27D,28D,29D,30D,31D,32D,33D,34D,35D,36D,37D,38D. The van der Waals surface area contributed by atoms with Crippen LogP contribution in [0.15, 0.2) is 230 Å². The molecule has 0 saturated carbocycles. The fraction of sp³-hybridized carbons (Fsp3) is 0.0159. The van der Waals surface area contributed by atoms with Crippen molar-refractivity contribution in [2.24, 2.45) is 0 Å². The number of benzene rings is 13. The molecule has 0 spiro atoms. The highest BCUT2D eigenvalue weighted by Gasteiger charge is 2.46. The Bertz CT molecular complexity index is 5990. The summed E-state index contributed by atoms with van der Waals surface area (Å²) in [5, 5.41) is -6.03. The Kier molecular flexibility index (Phi) is 2.99. The van der Waals surface area contributed by atoms with Gasteiger partial charge in [0.15, 0.2) is 0 Å². The lowest BCUT2D eigenvalue weighted by molar-refractivity contribution is 0.769. The highest BCUT2D eigenvalue weighted by Crippen LogP contribution is 2.58. The number of fused-ring (bicyclic) bond motifs is 3. The molecule has 0 heteroatoms. The monoisotopic (exact) mass is 832 g/mol. The average molecular weight is 832 g/mol. The summed E-state index contributed by atoms with van der Waals surface area (Å²) in [6.45, 7) is 0. The Hall–Kier alpha value is -8.06. The number of hydrogen-bond donors (Lipinski definition) is 0. The molecule has 63 heavy (non-hydrogen) atoms. The van der Waals surface area contributed by atoms with Crippen LogP contribution in [0, 0.1) is 0 Å². The summed E-state index contributed by atoms with van der Waals surface area (Å²) < 4.78 is 350. The fourth-order valence-corrected chi connectivity index (χ4v) is 8.78. The quantitative estimate of drug-likeness (QED) is 0.152. The second-order valence-electron chi connectivity index (χ2n) is 14.6. The van der Waals surface area contributed by atoms with Gasteiger partial charge in [-0.15, -0.1) is 0 Å². The SMILES string of the molecule is [2H]c1cc(-c2c([2H])c([2H])c3c([2H])c([2H])c4c([2H])c([2H])c([2H])c5c([2H])c([2H])c2c3c45)c([2H])c(-c2c([2H])c([2H])c3c(c2[2H])C(c2c([2H])c([2H])c([2H])c([2H])c2[2H])(c2c([2H])c([2H])c([2H])c([2H])c2[2H])c2c([2H])c(-c4c([2H])c([2H])c5c([2H])c([2H])c6c([2H])c([2H])c([2H])c7c([2H])c([2H])c4c5c67)c([2H])c([2H])c2-3)c1[2H]. The zero-order chi connectivity index (χ0) is 73.4. The van der Waals surface area contributed by atoms with Crippen molar-refractivity contribution in [3.63, 3.8) is 0 Å². The smallest absolute Gasteiger partial charge is 0.0622 e. The van der Waals surface area contributed by atoms with Crippen LogP contribution in [-0.2, 0) is 5.41 Å². The van der Waals surface area contributed by atoms with Crippen LogP contribution in [0.25, 0.3) is 109 Å². The molecule has 0 fully saturated rings. The second kappa shape index (κ2) is 13.0. The molecular weight excluding hydrogens is 757 g/mol. The zero-order valence-electron chi connectivity index (χ0n) is 68.6. The predicted molar refractivity (Wildman–Crippen MR) is 267 cm³/mol. The van der Waals surface area contributed by atoms with Crippen molar-refractivity contribution < 1.29 is 50.7 Å². The van der Waals surface area contributed by atoms with Crippen LogP contribution in [0.3, 0.4) is 0 Å². The first-order valence-electron chi connectivity index (χ1n) is 37.6. The van der Waals surface area contributed by atoms with E-state index in [0.29, 0.717) is 0 Å². The number of hydrogen-bond acceptors (Lipinski definition) is 0. The molecule has 14 rings (SSSR count). The van der Waals surface area contributed by atoms with Crippen molar-refractivity contribution in [3.05, 3.63) is 252 Å². The van der Waals surface area contributed by atoms with Crippen molar-refractivity contribution in [3.8, 4) is 44.5 Å². The van der Waals surface area contributed by atoms with E-state index in [1.807, 2.05) is 0 Å². The van der Waals surface area contributed by atoms with Crippen LogP contribution in [0.2, 0.25) is 0 Å². The van der Waals surface area contributed by atoms with Crippen molar-refractivity contribution >= 4 is 64.6 Å². The topological polar surface area (TPSA) is 0 Å². The zero-order valence-corrected chi connectivity index (χ0v) is 31.6. The van der Waals surface area contributed by atoms with E-state index in [1.54, 1.807) is 0 Å². The first-order chi connectivity index (χ1) is 46.7. The van der Waals surface area contributed by atoms with Gasteiger partial charge in [-0.1, -0.05) is 212 Å². The third-order valence-electron chi connectivity index (χ3n) is 11.4. The predicted octanol–water partition coefficient (Wildman–Crippen LogP) is 16.8. The van der Waals surface area contributed by atoms with Gasteiger partial charge >= 0.3 is 0 Å². The molecule has 1 aliphatic carbocycles. The van der Waals surface area contributed by atoms with Gasteiger partial charge in [0.05, 0.1) is 56.1 Å². The van der Waals surface area contributed by atoms with Crippen LogP contribution >= 0.6 is 0 Å². The summed E-state index contributed by atoms with van der Waals surface area (Å²) in [4.78, 5) is 0. The van der Waals surface area contributed by atoms with Crippen LogP contribution in [-0.4, -0.2) is 0 Å². The van der Waals surface area contributed by atoms with E-state index in [-0.39, 0.29) is 10.8 Å². The van der Waals surface area contributed by atoms with E-state index in [1.165, 1.54) is 0 Å². The minimum absolute atomic E-state index is 0.335. The Labute approximate surface area is 417 Å². The minimum atomic E-state index is -3.61. The summed E-state index contributed by atoms with van der Waals surface area (Å²) in [6.07, 6.45) is 0. The van der Waals surface area contributed by atoms with E-state index >= 15 is 0 Å². The van der Waals surface area contributed by atoms with Crippen LogP contribution in [0.4, 0.5) is 0 Å². The molecule has 0 N–H and O–H groups in total. The molecule has 13 aromatic carbocycles. The van der Waals surface area contributed by atoms with Crippen LogP contribution in [0.1, 0.15) is 73.0 Å². The maximum atomic E-state index is 10.7. The number of rotatable bonds is 5. The molecule has 0 nitrogen and oxygen atoms in total. The van der Waals surface area contributed by atoms with Gasteiger partial charge in [-0.3, -0.25) is 0 Å². The molecule has 0 heterocycles. The molecule has 0 saturated heterocycles. The van der Waals surface area contributed by atoms with E-state index in [2.05, 4.69) is 0 Å². The first-order valence-corrected chi connectivity index (χ1v) is 19.1. The summed E-state index contributed by atoms with van der Waals surface area (Å²) in [5.74, 6) is 0. The molecule has 0 aliphatic heterocycles. The molecule has 13 aromatic rings. The largest absolute Gasteiger partial charge is 0.0713 e. The van der Waals surface area contributed by atoms with E-state index in [0.717, 1.165) is 6.07 Å². The highest BCUT2D eigenvalue weighted by atomic mass is 14.5. The Balaban J connectivity index is 1.22. The molecule has 0 aromatic heterocycles. The summed E-state index contributed by atoms with van der Waals surface area (Å²) >= 11 is 0. The summed E-state index contributed by atoms with van der Waals surface area (Å²) in [5.41, 5.74) is -15.8. The normalized spacial score (nSPS) is 21.4. The molecule has 0 amide bonds. The summed E-state index contributed by atoms with van der Waals surface area (Å²) in [7, 11) is 0. The van der Waals surface area contributed by atoms with E-state index in [4.69, 9.17) is 15.1 Å². The van der Waals surface area contributed by atoms with Crippen molar-refractivity contribution in [2.75, 3.05) is 0 Å². The maximum Gasteiger partial charge on any atom is 0.0713 e. The van der Waals surface area contributed by atoms with Gasteiger partial charge < -0.3 is 0 Å². The molecule has 0 bridgehead atoms. The van der Waals surface area contributed by atoms with Crippen molar-refractivity contribution in [2.45, 2.75) is 5.41 Å². The van der Waals surface area contributed by atoms with Crippen LogP contribution in [0.5, 0.6) is 0 Å². The molecule has 0 atom stereocenters. The molecule has 0 radical (unpaired) electrons. The lowest BCUT2D eigenvalue weighted by Gasteiger charge is -2.34. The van der Waals surface area contributed by atoms with E-state index < -0.39 is 350 Å². The molecule has 1 aliphatic rings. The van der Waals surface area contributed by atoms with E-state index in [9.17, 15) is 35.6 Å². The third-order valence-corrected chi connectivity index (χ3v) is 11.4. The van der Waals surface area contributed by atoms with Gasteiger partial charge in [0, 0.05) is 0 Å². The molecule has 0 unspecified atom stereocenters. The van der Waals surface area contributed by atoms with Crippen molar-refractivity contribution in [1.82, 2.24) is 0 Å². The van der Waals surface area contributed by atoms with Gasteiger partial charge in [0.1, 0.15) is 0 Å². The first kappa shape index (κ1) is 14.5. The molecule has 290 valence electrons. The average Bonchev–Trinajstić information content (AvgIpc) is 1.01. The lowest BCUT2D eigenvalue weighted by Crippen LogP contribution is -2.28. The van der Waals surface area contributed by atoms with Gasteiger partial charge in [-0.25, -0.2) is 0 Å². The second-order valence-corrected chi connectivity index (χ2v) is 14.6. The lowest BCUT2D eigenvalue weighted by atomic mass is 9.67. The fourth-order valence-electron chi connectivity index (χ4n) is 8.78. The molecular formula is C63H38. The maximum absolute atomic E-state index is 10.7. The highest BCUT2D eigenvalue weighted by molar-refractivity contribution is 6.26. The van der Waals surface area contributed by atoms with Crippen molar-refractivity contribution in [1.29, 1.82) is 0 Å². The third kappa shape index (κ3) is 4.81. The summed E-state index contributed by atoms with van der Waals surface area (Å²) in [6, 6.07) is -38.2. The van der Waals surface area contributed by atoms with Crippen LogP contribution < -0.4 is 0 Å². The Morgan fingerprint density at radius 3 is 1.22 bits per heavy atom.